The lowest BCUT2D eigenvalue weighted by Crippen LogP contribution is -2.60. The molecule has 0 aromatic heterocycles. The van der Waals surface area contributed by atoms with Crippen LogP contribution >= 0.6 is 0 Å². The maximum Gasteiger partial charge on any atom is 0.323 e. The molecule has 1 heterocycles. The maximum absolute atomic E-state index is 13.9. The number of hydrogen-bond donors (Lipinski definition) is 7. The first-order valence-electron chi connectivity index (χ1n) is 17.6. The van der Waals surface area contributed by atoms with Crippen LogP contribution in [0.15, 0.2) is 60.7 Å². The second-order valence-electron chi connectivity index (χ2n) is 13.7. The fraction of sp³-hybridized carbons (Fsp3) is 0.541. The largest absolute Gasteiger partial charge is 0.480 e. The van der Waals surface area contributed by atoms with Crippen LogP contribution in [-0.2, 0) is 30.4 Å². The van der Waals surface area contributed by atoms with E-state index in [1.54, 1.807) is 0 Å². The monoisotopic (exact) mass is 693 g/mol. The van der Waals surface area contributed by atoms with Crippen LogP contribution in [0.25, 0.3) is 0 Å². The van der Waals surface area contributed by atoms with Crippen molar-refractivity contribution in [1.29, 1.82) is 0 Å². The molecule has 1 saturated heterocycles. The number of nitrogens with zero attached hydrogens (tertiary/aromatic N) is 1. The van der Waals surface area contributed by atoms with Crippen LogP contribution in [0.1, 0.15) is 75.8 Å². The zero-order valence-electron chi connectivity index (χ0n) is 29.3. The van der Waals surface area contributed by atoms with Gasteiger partial charge in [-0.15, -0.1) is 0 Å². The number of aliphatic carboxylic acids is 1. The summed E-state index contributed by atoms with van der Waals surface area (Å²) in [5.41, 5.74) is 18.1. The Morgan fingerprint density at radius 1 is 0.820 bits per heavy atom. The van der Waals surface area contributed by atoms with E-state index in [1.165, 1.54) is 4.90 Å². The summed E-state index contributed by atoms with van der Waals surface area (Å²) >= 11 is 0. The van der Waals surface area contributed by atoms with E-state index in [0.717, 1.165) is 11.1 Å². The van der Waals surface area contributed by atoms with Gasteiger partial charge in [-0.3, -0.25) is 24.0 Å². The second-order valence-corrected chi connectivity index (χ2v) is 13.7. The average Bonchev–Trinajstić information content (AvgIpc) is 3.10. The highest BCUT2D eigenvalue weighted by molar-refractivity contribution is 5.94. The van der Waals surface area contributed by atoms with Crippen LogP contribution in [0.3, 0.4) is 0 Å². The van der Waals surface area contributed by atoms with Gasteiger partial charge in [0.05, 0.1) is 0 Å². The van der Waals surface area contributed by atoms with E-state index in [0.29, 0.717) is 25.8 Å². The SMILES string of the molecule is CC(C)C[C@@H](NC(=O)[C@@H](Cc1ccccc1)NC(=O)CC(CN)c1ccccc1)C(=O)N[C@H](CCCCN)C(=O)N1CCC(N)(C(=O)O)CC1. The highest BCUT2D eigenvalue weighted by Gasteiger charge is 2.40. The molecule has 0 spiro atoms. The molecule has 13 nitrogen and oxygen atoms in total. The molecule has 2 aromatic rings. The molecule has 1 aliphatic heterocycles. The Labute approximate surface area is 295 Å². The van der Waals surface area contributed by atoms with Gasteiger partial charge in [0.15, 0.2) is 0 Å². The number of amides is 4. The van der Waals surface area contributed by atoms with Gasteiger partial charge in [0.1, 0.15) is 23.7 Å². The van der Waals surface area contributed by atoms with Crippen LogP contribution in [0.4, 0.5) is 0 Å². The molecule has 0 bridgehead atoms. The topological polar surface area (TPSA) is 223 Å². The van der Waals surface area contributed by atoms with Gasteiger partial charge in [-0.05, 0) is 68.7 Å². The van der Waals surface area contributed by atoms with Gasteiger partial charge in [-0.1, -0.05) is 74.5 Å². The summed E-state index contributed by atoms with van der Waals surface area (Å²) in [4.78, 5) is 68.0. The van der Waals surface area contributed by atoms with Crippen LogP contribution in [0.5, 0.6) is 0 Å². The summed E-state index contributed by atoms with van der Waals surface area (Å²) in [5.74, 6) is -3.07. The number of hydrogen-bond acceptors (Lipinski definition) is 8. The molecule has 3 rings (SSSR count). The summed E-state index contributed by atoms with van der Waals surface area (Å²) < 4.78 is 0. The van der Waals surface area contributed by atoms with E-state index in [9.17, 15) is 29.1 Å². The normalized spacial score (nSPS) is 16.5. The van der Waals surface area contributed by atoms with Crippen molar-refractivity contribution in [2.75, 3.05) is 26.2 Å². The lowest BCUT2D eigenvalue weighted by Gasteiger charge is -2.38. The minimum Gasteiger partial charge on any atom is -0.480 e. The average molecular weight is 694 g/mol. The Morgan fingerprint density at radius 2 is 1.40 bits per heavy atom. The summed E-state index contributed by atoms with van der Waals surface area (Å²) in [6, 6.07) is 15.9. The van der Waals surface area contributed by atoms with Gasteiger partial charge in [0.2, 0.25) is 23.6 Å². The third kappa shape index (κ3) is 12.2. The predicted octanol–water partition coefficient (Wildman–Crippen LogP) is 1.40. The van der Waals surface area contributed by atoms with Crippen LogP contribution in [0, 0.1) is 5.92 Å². The van der Waals surface area contributed by atoms with Gasteiger partial charge in [-0.25, -0.2) is 0 Å². The van der Waals surface area contributed by atoms with Crippen molar-refractivity contribution in [1.82, 2.24) is 20.9 Å². The van der Waals surface area contributed by atoms with E-state index in [-0.39, 0.29) is 75.4 Å². The molecule has 13 heteroatoms. The van der Waals surface area contributed by atoms with E-state index in [4.69, 9.17) is 17.2 Å². The van der Waals surface area contributed by atoms with E-state index in [1.807, 2.05) is 74.5 Å². The lowest BCUT2D eigenvalue weighted by molar-refractivity contribution is -0.148. The van der Waals surface area contributed by atoms with Gasteiger partial charge >= 0.3 is 5.97 Å². The first kappa shape index (κ1) is 40.1. The molecule has 274 valence electrons. The van der Waals surface area contributed by atoms with Crippen molar-refractivity contribution in [3.8, 4) is 0 Å². The molecule has 50 heavy (non-hydrogen) atoms. The number of unbranched alkanes of at least 4 members (excludes halogenated alkanes) is 1. The summed E-state index contributed by atoms with van der Waals surface area (Å²) in [5, 5.41) is 18.1. The number of likely N-dealkylation sites (tertiary alicyclic amines) is 1. The summed E-state index contributed by atoms with van der Waals surface area (Å²) in [6.45, 7) is 4.81. The fourth-order valence-corrected chi connectivity index (χ4v) is 6.16. The van der Waals surface area contributed by atoms with Crippen molar-refractivity contribution < 1.29 is 29.1 Å². The number of nitrogens with two attached hydrogens (primary N) is 3. The number of carbonyl (C=O) groups is 5. The standard InChI is InChI=1S/C37H55N7O6/c1-25(2)21-30(33(46)42-29(15-9-10-18-38)35(48)44-19-16-37(40,17-20-44)36(49)50)43-34(47)31(22-26-11-5-3-6-12-26)41-32(45)23-28(24-39)27-13-7-4-8-14-27/h3-8,11-14,25,28-31H,9-10,15-24,38-40H2,1-2H3,(H,41,45)(H,42,46)(H,43,47)(H,49,50)/t28?,29-,30-,31-/m1/s1. The highest BCUT2D eigenvalue weighted by atomic mass is 16.4. The second kappa shape index (κ2) is 19.8. The zero-order chi connectivity index (χ0) is 36.7. The van der Waals surface area contributed by atoms with Crippen molar-refractivity contribution >= 4 is 29.6 Å². The van der Waals surface area contributed by atoms with E-state index in [2.05, 4.69) is 16.0 Å². The third-order valence-corrected chi connectivity index (χ3v) is 9.22. The lowest BCUT2D eigenvalue weighted by atomic mass is 9.88. The van der Waals surface area contributed by atoms with Gasteiger partial charge in [0.25, 0.3) is 0 Å². The number of benzene rings is 2. The van der Waals surface area contributed by atoms with Crippen LogP contribution < -0.4 is 33.2 Å². The first-order chi connectivity index (χ1) is 23.9. The molecule has 1 aliphatic rings. The molecule has 0 saturated carbocycles. The molecular formula is C37H55N7O6. The Morgan fingerprint density at radius 3 is 1.96 bits per heavy atom. The number of carbonyl (C=O) groups excluding carboxylic acids is 4. The van der Waals surface area contributed by atoms with Crippen LogP contribution in [-0.4, -0.2) is 89.4 Å². The van der Waals surface area contributed by atoms with Crippen molar-refractivity contribution in [3.05, 3.63) is 71.8 Å². The minimum atomic E-state index is -1.40. The minimum absolute atomic E-state index is 0.00609. The number of carboxylic acids is 1. The molecule has 2 aromatic carbocycles. The van der Waals surface area contributed by atoms with E-state index >= 15 is 0 Å². The Balaban J connectivity index is 1.77. The van der Waals surface area contributed by atoms with Gasteiger partial charge in [0, 0.05) is 31.8 Å². The summed E-state index contributed by atoms with van der Waals surface area (Å²) in [7, 11) is 0. The molecule has 4 amide bonds. The fourth-order valence-electron chi connectivity index (χ4n) is 6.16. The highest BCUT2D eigenvalue weighted by Crippen LogP contribution is 2.22. The maximum atomic E-state index is 13.9. The van der Waals surface area contributed by atoms with Gasteiger partial charge < -0.3 is 43.2 Å². The summed E-state index contributed by atoms with van der Waals surface area (Å²) in [6.07, 6.45) is 2.29. The Bertz CT molecular complexity index is 1400. The molecule has 4 atom stereocenters. The molecule has 1 unspecified atom stereocenters. The zero-order valence-corrected chi connectivity index (χ0v) is 29.3. The Kier molecular flexibility index (Phi) is 15.8. The predicted molar refractivity (Wildman–Crippen MR) is 192 cm³/mol. The number of piperidine rings is 1. The number of carboxylic acid groups (broad SMARTS) is 1. The number of rotatable bonds is 19. The van der Waals surface area contributed by atoms with Crippen LogP contribution in [0.2, 0.25) is 0 Å². The Hall–Kier alpha value is -4.33. The first-order valence-corrected chi connectivity index (χ1v) is 17.6. The smallest absolute Gasteiger partial charge is 0.323 e. The molecular weight excluding hydrogens is 638 g/mol. The molecule has 1 fully saturated rings. The van der Waals surface area contributed by atoms with Gasteiger partial charge in [-0.2, -0.15) is 0 Å². The van der Waals surface area contributed by atoms with Crippen molar-refractivity contribution in [3.63, 3.8) is 0 Å². The number of nitrogens with one attached hydrogen (secondary N) is 3. The quantitative estimate of drug-likeness (QED) is 0.106. The molecule has 0 radical (unpaired) electrons. The van der Waals surface area contributed by atoms with Crippen molar-refractivity contribution in [2.24, 2.45) is 23.1 Å². The van der Waals surface area contributed by atoms with E-state index < -0.39 is 41.4 Å². The molecule has 10 N–H and O–H groups in total. The molecule has 0 aliphatic carbocycles. The third-order valence-electron chi connectivity index (χ3n) is 9.22. The van der Waals surface area contributed by atoms with Crippen molar-refractivity contribution in [2.45, 2.75) is 94.8 Å².